The molecule has 0 spiro atoms. The molecule has 1 aromatic heterocycles. The van der Waals surface area contributed by atoms with Gasteiger partial charge in [-0.25, -0.2) is 0 Å². The van der Waals surface area contributed by atoms with Crippen molar-refractivity contribution in [3.63, 3.8) is 0 Å². The molecule has 0 radical (unpaired) electrons. The standard InChI is InChI=1S/C22H20N/c1-22(2)19-8-4-3-7-16(19)18-13-15-10-12-23-11-6-5-9-21(23)17(15)14-20(18)22/h3-9,11,13-14H,10,12H2,1-2H3/q+1. The van der Waals surface area contributed by atoms with E-state index in [0.29, 0.717) is 0 Å². The Kier molecular flexibility index (Phi) is 2.45. The zero-order valence-corrected chi connectivity index (χ0v) is 13.6. The van der Waals surface area contributed by atoms with Crippen LogP contribution in [0.4, 0.5) is 0 Å². The first kappa shape index (κ1) is 13.1. The van der Waals surface area contributed by atoms with Gasteiger partial charge in [0.05, 0.1) is 0 Å². The fourth-order valence-corrected chi connectivity index (χ4v) is 4.39. The third-order valence-electron chi connectivity index (χ3n) is 5.65. The highest BCUT2D eigenvalue weighted by Crippen LogP contribution is 2.50. The monoisotopic (exact) mass is 298 g/mol. The summed E-state index contributed by atoms with van der Waals surface area (Å²) in [7, 11) is 0. The van der Waals surface area contributed by atoms with Crippen molar-refractivity contribution in [2.75, 3.05) is 0 Å². The molecule has 0 atom stereocenters. The summed E-state index contributed by atoms with van der Waals surface area (Å²) in [6.07, 6.45) is 3.32. The summed E-state index contributed by atoms with van der Waals surface area (Å²) in [5, 5.41) is 0. The number of aromatic nitrogens is 1. The van der Waals surface area contributed by atoms with E-state index in [9.17, 15) is 0 Å². The van der Waals surface area contributed by atoms with E-state index in [-0.39, 0.29) is 5.41 Å². The van der Waals surface area contributed by atoms with Crippen LogP contribution in [0.3, 0.4) is 0 Å². The van der Waals surface area contributed by atoms with Crippen LogP contribution in [0, 0.1) is 0 Å². The molecule has 2 aliphatic rings. The summed E-state index contributed by atoms with van der Waals surface area (Å²) in [6.45, 7) is 5.78. The van der Waals surface area contributed by atoms with E-state index in [1.54, 1.807) is 0 Å². The predicted octanol–water partition coefficient (Wildman–Crippen LogP) is 4.50. The SMILES string of the molecule is CC1(C)c2ccccc2-c2cc3c(cc21)-c1cccc[n+]1CC3. The van der Waals surface area contributed by atoms with Crippen LogP contribution in [0.2, 0.25) is 0 Å². The number of benzene rings is 2. The van der Waals surface area contributed by atoms with Crippen LogP contribution in [0.1, 0.15) is 30.5 Å². The van der Waals surface area contributed by atoms with Crippen LogP contribution in [0.5, 0.6) is 0 Å². The Morgan fingerprint density at radius 2 is 1.65 bits per heavy atom. The highest BCUT2D eigenvalue weighted by atomic mass is 15.0. The fourth-order valence-electron chi connectivity index (χ4n) is 4.39. The van der Waals surface area contributed by atoms with Gasteiger partial charge in [0.15, 0.2) is 12.7 Å². The number of pyridine rings is 1. The molecular formula is C22H20N+. The second kappa shape index (κ2) is 4.32. The van der Waals surface area contributed by atoms with Gasteiger partial charge in [0.1, 0.15) is 0 Å². The van der Waals surface area contributed by atoms with Crippen molar-refractivity contribution >= 4 is 0 Å². The van der Waals surface area contributed by atoms with Gasteiger partial charge in [0, 0.05) is 29.5 Å². The summed E-state index contributed by atoms with van der Waals surface area (Å²) >= 11 is 0. The zero-order valence-electron chi connectivity index (χ0n) is 13.6. The number of aryl methyl sites for hydroxylation is 2. The Labute approximate surface area is 137 Å². The third kappa shape index (κ3) is 1.65. The van der Waals surface area contributed by atoms with Gasteiger partial charge in [-0.1, -0.05) is 38.1 Å². The molecule has 112 valence electrons. The minimum atomic E-state index is 0.0814. The molecule has 0 bridgehead atoms. The maximum atomic E-state index is 2.45. The molecule has 1 aliphatic heterocycles. The maximum absolute atomic E-state index is 2.45. The van der Waals surface area contributed by atoms with Crippen LogP contribution < -0.4 is 4.57 Å². The Hall–Kier alpha value is -2.41. The largest absolute Gasteiger partial charge is 0.212 e. The van der Waals surface area contributed by atoms with Gasteiger partial charge in [-0.2, -0.15) is 4.57 Å². The van der Waals surface area contributed by atoms with E-state index >= 15 is 0 Å². The average molecular weight is 298 g/mol. The van der Waals surface area contributed by atoms with Crippen LogP contribution in [-0.2, 0) is 18.4 Å². The number of hydrogen-bond donors (Lipinski definition) is 0. The Bertz CT molecular complexity index is 950. The van der Waals surface area contributed by atoms with Gasteiger partial charge >= 0.3 is 0 Å². The molecule has 2 heterocycles. The molecule has 0 unspecified atom stereocenters. The minimum absolute atomic E-state index is 0.0814. The highest BCUT2D eigenvalue weighted by molar-refractivity contribution is 5.84. The van der Waals surface area contributed by atoms with Crippen molar-refractivity contribution in [1.82, 2.24) is 0 Å². The molecule has 0 saturated carbocycles. The zero-order chi connectivity index (χ0) is 15.6. The maximum Gasteiger partial charge on any atom is 0.212 e. The van der Waals surface area contributed by atoms with E-state index in [1.807, 2.05) is 0 Å². The molecule has 23 heavy (non-hydrogen) atoms. The van der Waals surface area contributed by atoms with Gasteiger partial charge < -0.3 is 0 Å². The Morgan fingerprint density at radius 3 is 2.57 bits per heavy atom. The Morgan fingerprint density at radius 1 is 0.826 bits per heavy atom. The van der Waals surface area contributed by atoms with Crippen LogP contribution in [-0.4, -0.2) is 0 Å². The summed E-state index contributed by atoms with van der Waals surface area (Å²) in [5.41, 5.74) is 10.1. The van der Waals surface area contributed by atoms with Crippen molar-refractivity contribution in [2.24, 2.45) is 0 Å². The third-order valence-corrected chi connectivity index (χ3v) is 5.65. The molecule has 1 nitrogen and oxygen atoms in total. The predicted molar refractivity (Wildman–Crippen MR) is 93.3 cm³/mol. The fraction of sp³-hybridized carbons (Fsp3) is 0.227. The number of rotatable bonds is 0. The van der Waals surface area contributed by atoms with Crippen LogP contribution >= 0.6 is 0 Å². The molecular weight excluding hydrogens is 278 g/mol. The molecule has 3 aromatic rings. The first-order chi connectivity index (χ1) is 11.2. The number of fused-ring (bicyclic) bond motifs is 6. The summed E-state index contributed by atoms with van der Waals surface area (Å²) in [6, 6.07) is 20.3. The summed E-state index contributed by atoms with van der Waals surface area (Å²) < 4.78 is 2.38. The first-order valence-corrected chi connectivity index (χ1v) is 8.42. The molecule has 5 rings (SSSR count). The van der Waals surface area contributed by atoms with E-state index in [1.165, 1.54) is 39.1 Å². The molecule has 0 saturated heterocycles. The lowest BCUT2D eigenvalue weighted by Gasteiger charge is -2.23. The lowest BCUT2D eigenvalue weighted by Crippen LogP contribution is -2.39. The second-order valence-corrected chi connectivity index (χ2v) is 7.25. The molecule has 0 fully saturated rings. The second-order valence-electron chi connectivity index (χ2n) is 7.25. The van der Waals surface area contributed by atoms with Gasteiger partial charge in [-0.05, 0) is 46.0 Å². The van der Waals surface area contributed by atoms with E-state index in [2.05, 4.69) is 79.2 Å². The van der Waals surface area contributed by atoms with Crippen molar-refractivity contribution in [2.45, 2.75) is 32.2 Å². The normalized spacial score (nSPS) is 16.3. The van der Waals surface area contributed by atoms with Crippen molar-refractivity contribution in [1.29, 1.82) is 0 Å². The van der Waals surface area contributed by atoms with Gasteiger partial charge in [0.2, 0.25) is 5.69 Å². The lowest BCUT2D eigenvalue weighted by molar-refractivity contribution is -0.687. The van der Waals surface area contributed by atoms with E-state index < -0.39 is 0 Å². The summed E-state index contributed by atoms with van der Waals surface area (Å²) in [5.74, 6) is 0. The van der Waals surface area contributed by atoms with Gasteiger partial charge in [-0.15, -0.1) is 0 Å². The van der Waals surface area contributed by atoms with Crippen LogP contribution in [0.15, 0.2) is 60.8 Å². The van der Waals surface area contributed by atoms with Gasteiger partial charge in [-0.3, -0.25) is 0 Å². The quantitative estimate of drug-likeness (QED) is 0.538. The summed E-state index contributed by atoms with van der Waals surface area (Å²) in [4.78, 5) is 0. The molecule has 1 aliphatic carbocycles. The van der Waals surface area contributed by atoms with Gasteiger partial charge in [0.25, 0.3) is 0 Å². The molecule has 0 amide bonds. The van der Waals surface area contributed by atoms with Crippen molar-refractivity contribution in [3.05, 3.63) is 77.5 Å². The smallest absolute Gasteiger partial charge is 0.198 e. The average Bonchev–Trinajstić information content (AvgIpc) is 2.81. The highest BCUT2D eigenvalue weighted by Gasteiger charge is 2.37. The van der Waals surface area contributed by atoms with Crippen molar-refractivity contribution in [3.8, 4) is 22.4 Å². The van der Waals surface area contributed by atoms with Crippen LogP contribution in [0.25, 0.3) is 22.4 Å². The number of nitrogens with zero attached hydrogens (tertiary/aromatic N) is 1. The Balaban J connectivity index is 1.82. The molecule has 1 heteroatoms. The first-order valence-electron chi connectivity index (χ1n) is 8.42. The molecule has 2 aromatic carbocycles. The van der Waals surface area contributed by atoms with Crippen molar-refractivity contribution < 1.29 is 4.57 Å². The van der Waals surface area contributed by atoms with E-state index in [4.69, 9.17) is 0 Å². The number of hydrogen-bond acceptors (Lipinski definition) is 0. The lowest BCUT2D eigenvalue weighted by atomic mass is 9.80. The topological polar surface area (TPSA) is 3.88 Å². The molecule has 0 N–H and O–H groups in total. The minimum Gasteiger partial charge on any atom is -0.198 e. The van der Waals surface area contributed by atoms with E-state index in [0.717, 1.165) is 13.0 Å².